The van der Waals surface area contributed by atoms with Crippen molar-refractivity contribution in [2.45, 2.75) is 0 Å². The monoisotopic (exact) mass is 338 g/mol. The predicted molar refractivity (Wildman–Crippen MR) is 82.4 cm³/mol. The first-order valence-corrected chi connectivity index (χ1v) is 6.75. The smallest absolute Gasteiger partial charge is 0.277 e. The van der Waals surface area contributed by atoms with Gasteiger partial charge >= 0.3 is 0 Å². The third-order valence-electron chi connectivity index (χ3n) is 2.65. The number of amides is 1. The highest BCUT2D eigenvalue weighted by Gasteiger charge is 2.06. The van der Waals surface area contributed by atoms with E-state index in [0.717, 1.165) is 0 Å². The summed E-state index contributed by atoms with van der Waals surface area (Å²) in [6.07, 6.45) is 1.24. The lowest BCUT2D eigenvalue weighted by atomic mass is 10.2. The number of rotatable bonds is 5. The average Bonchev–Trinajstić information content (AvgIpc) is 2.52. The second-order valence-electron chi connectivity index (χ2n) is 4.41. The number of ether oxygens (including phenoxy) is 1. The van der Waals surface area contributed by atoms with E-state index in [1.165, 1.54) is 42.6 Å². The molecule has 2 rings (SSSR count). The fraction of sp³-hybridized carbons (Fsp3) is 0.0667. The van der Waals surface area contributed by atoms with Crippen molar-refractivity contribution in [2.75, 3.05) is 6.61 Å². The summed E-state index contributed by atoms with van der Waals surface area (Å²) in [7, 11) is 0. The second kappa shape index (κ2) is 7.46. The number of hydrogen-bond acceptors (Lipinski definition) is 5. The summed E-state index contributed by atoms with van der Waals surface area (Å²) >= 11 is 5.68. The largest absolute Gasteiger partial charge is 0.504 e. The summed E-state index contributed by atoms with van der Waals surface area (Å²) in [5.74, 6) is -1.41. The molecule has 3 N–H and O–H groups in total. The Hall–Kier alpha value is -2.80. The number of nitrogens with one attached hydrogen (secondary N) is 1. The Balaban J connectivity index is 1.85. The van der Waals surface area contributed by atoms with Gasteiger partial charge in [-0.3, -0.25) is 4.79 Å². The molecule has 0 saturated carbocycles. The van der Waals surface area contributed by atoms with Crippen molar-refractivity contribution in [1.29, 1.82) is 0 Å². The second-order valence-corrected chi connectivity index (χ2v) is 4.81. The number of carbonyl (C=O) groups excluding carboxylic acids is 1. The highest BCUT2D eigenvalue weighted by Crippen LogP contribution is 2.33. The van der Waals surface area contributed by atoms with E-state index >= 15 is 0 Å². The minimum Gasteiger partial charge on any atom is -0.504 e. The molecule has 6 nitrogen and oxygen atoms in total. The number of benzene rings is 2. The SMILES string of the molecule is O=C(COc1ccc(F)cc1)N/N=C/c1cc(O)c(O)c(Cl)c1. The van der Waals surface area contributed by atoms with Gasteiger partial charge in [0.25, 0.3) is 5.91 Å². The Bertz CT molecular complexity index is 712. The van der Waals surface area contributed by atoms with E-state index < -0.39 is 23.2 Å². The Morgan fingerprint density at radius 1 is 1.30 bits per heavy atom. The van der Waals surface area contributed by atoms with E-state index in [1.54, 1.807) is 0 Å². The van der Waals surface area contributed by atoms with Gasteiger partial charge in [0.2, 0.25) is 0 Å². The molecule has 0 saturated heterocycles. The van der Waals surface area contributed by atoms with Crippen LogP contribution < -0.4 is 10.2 Å². The molecule has 8 heteroatoms. The van der Waals surface area contributed by atoms with Crippen LogP contribution in [0.25, 0.3) is 0 Å². The van der Waals surface area contributed by atoms with Gasteiger partial charge in [-0.1, -0.05) is 11.6 Å². The van der Waals surface area contributed by atoms with Crippen LogP contribution in [0.15, 0.2) is 41.5 Å². The van der Waals surface area contributed by atoms with Gasteiger partial charge in [-0.25, -0.2) is 9.82 Å². The number of hydrazone groups is 1. The summed E-state index contributed by atoms with van der Waals surface area (Å²) in [5, 5.41) is 22.3. The van der Waals surface area contributed by atoms with Gasteiger partial charge in [-0.2, -0.15) is 5.10 Å². The highest BCUT2D eigenvalue weighted by molar-refractivity contribution is 6.32. The standard InChI is InChI=1S/C15H12ClFN2O4/c16-12-5-9(6-13(20)15(12)22)7-18-19-14(21)8-23-11-3-1-10(17)2-4-11/h1-7,20,22H,8H2,(H,19,21)/b18-7+. The van der Waals surface area contributed by atoms with Gasteiger partial charge < -0.3 is 14.9 Å². The molecule has 0 spiro atoms. The van der Waals surface area contributed by atoms with Gasteiger partial charge in [-0.05, 0) is 42.0 Å². The zero-order chi connectivity index (χ0) is 16.8. The molecule has 23 heavy (non-hydrogen) atoms. The molecule has 2 aromatic carbocycles. The van der Waals surface area contributed by atoms with Crippen molar-refractivity contribution < 1.29 is 24.1 Å². The number of phenols is 2. The minimum absolute atomic E-state index is 0.0441. The van der Waals surface area contributed by atoms with E-state index in [4.69, 9.17) is 16.3 Å². The number of nitrogens with zero attached hydrogens (tertiary/aromatic N) is 1. The summed E-state index contributed by atoms with van der Waals surface area (Å²) in [5.41, 5.74) is 2.59. The summed E-state index contributed by atoms with van der Waals surface area (Å²) in [6, 6.07) is 7.81. The Morgan fingerprint density at radius 2 is 2.00 bits per heavy atom. The number of carbonyl (C=O) groups is 1. The van der Waals surface area contributed by atoms with Crippen molar-refractivity contribution in [1.82, 2.24) is 5.43 Å². The van der Waals surface area contributed by atoms with Crippen LogP contribution in [-0.4, -0.2) is 28.9 Å². The lowest BCUT2D eigenvalue weighted by Gasteiger charge is -2.04. The van der Waals surface area contributed by atoms with Gasteiger partial charge in [0.05, 0.1) is 11.2 Å². The van der Waals surface area contributed by atoms with E-state index in [1.807, 2.05) is 0 Å². The predicted octanol–water partition coefficient (Wildman–Crippen LogP) is 2.42. The Labute approximate surface area is 135 Å². The minimum atomic E-state index is -0.528. The van der Waals surface area contributed by atoms with E-state index in [9.17, 15) is 19.4 Å². The summed E-state index contributed by atoms with van der Waals surface area (Å²) in [4.78, 5) is 11.5. The van der Waals surface area contributed by atoms with Crippen LogP contribution in [0.2, 0.25) is 5.02 Å². The van der Waals surface area contributed by atoms with Crippen LogP contribution in [-0.2, 0) is 4.79 Å². The van der Waals surface area contributed by atoms with Crippen molar-refractivity contribution in [3.05, 3.63) is 52.8 Å². The van der Waals surface area contributed by atoms with Crippen LogP contribution in [0.4, 0.5) is 4.39 Å². The van der Waals surface area contributed by atoms with E-state index in [-0.39, 0.29) is 11.6 Å². The topological polar surface area (TPSA) is 91.2 Å². The molecule has 0 fully saturated rings. The Kier molecular flexibility index (Phi) is 5.37. The molecule has 120 valence electrons. The quantitative estimate of drug-likeness (QED) is 0.443. The third kappa shape index (κ3) is 4.86. The van der Waals surface area contributed by atoms with Crippen molar-refractivity contribution in [3.8, 4) is 17.2 Å². The number of aromatic hydroxyl groups is 2. The molecule has 0 aliphatic heterocycles. The summed E-state index contributed by atoms with van der Waals surface area (Å²) in [6.45, 7) is -0.301. The molecule has 0 heterocycles. The van der Waals surface area contributed by atoms with Gasteiger partial charge in [0.1, 0.15) is 11.6 Å². The maximum atomic E-state index is 12.7. The van der Waals surface area contributed by atoms with E-state index in [0.29, 0.717) is 11.3 Å². The van der Waals surface area contributed by atoms with Crippen molar-refractivity contribution >= 4 is 23.7 Å². The maximum Gasteiger partial charge on any atom is 0.277 e. The maximum absolute atomic E-state index is 12.7. The molecule has 0 aliphatic carbocycles. The van der Waals surface area contributed by atoms with Crippen LogP contribution in [0.1, 0.15) is 5.56 Å². The molecule has 0 unspecified atom stereocenters. The number of halogens is 2. The Morgan fingerprint density at radius 3 is 2.65 bits per heavy atom. The first-order valence-electron chi connectivity index (χ1n) is 6.37. The molecular formula is C15H12ClFN2O4. The van der Waals surface area contributed by atoms with Gasteiger partial charge in [-0.15, -0.1) is 0 Å². The number of phenolic OH excluding ortho intramolecular Hbond substituents is 2. The molecule has 1 amide bonds. The first-order chi connectivity index (χ1) is 11.0. The highest BCUT2D eigenvalue weighted by atomic mass is 35.5. The molecule has 0 aromatic heterocycles. The van der Waals surface area contributed by atoms with Crippen LogP contribution in [0.3, 0.4) is 0 Å². The van der Waals surface area contributed by atoms with Crippen LogP contribution >= 0.6 is 11.6 Å². The van der Waals surface area contributed by atoms with Crippen molar-refractivity contribution in [2.24, 2.45) is 5.10 Å². The zero-order valence-electron chi connectivity index (χ0n) is 11.7. The zero-order valence-corrected chi connectivity index (χ0v) is 12.4. The molecule has 2 aromatic rings. The first kappa shape index (κ1) is 16.6. The molecular weight excluding hydrogens is 327 g/mol. The average molecular weight is 339 g/mol. The summed E-state index contributed by atoms with van der Waals surface area (Å²) < 4.78 is 17.8. The number of hydrogen-bond donors (Lipinski definition) is 3. The van der Waals surface area contributed by atoms with Gasteiger partial charge in [0.15, 0.2) is 18.1 Å². The van der Waals surface area contributed by atoms with Gasteiger partial charge in [0, 0.05) is 0 Å². The third-order valence-corrected chi connectivity index (χ3v) is 2.94. The molecule has 0 radical (unpaired) electrons. The van der Waals surface area contributed by atoms with E-state index in [2.05, 4.69) is 10.5 Å². The molecule has 0 aliphatic rings. The fourth-order valence-corrected chi connectivity index (χ4v) is 1.79. The fourth-order valence-electron chi connectivity index (χ4n) is 1.57. The van der Waals surface area contributed by atoms with Crippen LogP contribution in [0.5, 0.6) is 17.2 Å². The van der Waals surface area contributed by atoms with Crippen LogP contribution in [0, 0.1) is 5.82 Å². The lowest BCUT2D eigenvalue weighted by Crippen LogP contribution is -2.24. The molecule has 0 atom stereocenters. The normalized spacial score (nSPS) is 10.7. The lowest BCUT2D eigenvalue weighted by molar-refractivity contribution is -0.123. The molecule has 0 bridgehead atoms. The van der Waals surface area contributed by atoms with Crippen molar-refractivity contribution in [3.63, 3.8) is 0 Å².